The second-order valence-electron chi connectivity index (χ2n) is 7.00. The van der Waals surface area contributed by atoms with Gasteiger partial charge in [-0.3, -0.25) is 0 Å². The Kier molecular flexibility index (Phi) is 4.26. The first-order valence-electron chi connectivity index (χ1n) is 8.78. The van der Waals surface area contributed by atoms with Crippen LogP contribution in [0, 0.1) is 0 Å². The van der Waals surface area contributed by atoms with Gasteiger partial charge in [-0.05, 0) is 55.2 Å². The molecule has 6 nitrogen and oxygen atoms in total. The van der Waals surface area contributed by atoms with Gasteiger partial charge in [0.15, 0.2) is 0 Å². The van der Waals surface area contributed by atoms with Crippen LogP contribution < -0.4 is 14.2 Å². The van der Waals surface area contributed by atoms with Gasteiger partial charge in [0.25, 0.3) is 0 Å². The van der Waals surface area contributed by atoms with Gasteiger partial charge >= 0.3 is 10.1 Å². The lowest BCUT2D eigenvalue weighted by molar-refractivity contribution is 0.348. The number of pyridine rings is 1. The minimum Gasteiger partial charge on any atom is -0.497 e. The average molecular weight is 374 g/mol. The molecule has 1 aromatic carbocycles. The van der Waals surface area contributed by atoms with Gasteiger partial charge in [-0.1, -0.05) is 6.07 Å². The third kappa shape index (κ3) is 3.23. The van der Waals surface area contributed by atoms with Crippen molar-refractivity contribution < 1.29 is 17.3 Å². The average Bonchev–Trinajstić information content (AvgIpc) is 2.63. The molecule has 2 bridgehead atoms. The van der Waals surface area contributed by atoms with Gasteiger partial charge in [0, 0.05) is 17.3 Å². The van der Waals surface area contributed by atoms with Crippen molar-refractivity contribution >= 4 is 21.5 Å². The van der Waals surface area contributed by atoms with Crippen LogP contribution in [0.15, 0.2) is 30.5 Å². The van der Waals surface area contributed by atoms with E-state index in [4.69, 9.17) is 8.92 Å². The van der Waals surface area contributed by atoms with Crippen LogP contribution in [0.5, 0.6) is 11.6 Å². The normalized spacial score (nSPS) is 21.2. The molecule has 5 rings (SSSR count). The number of nitrogens with one attached hydrogen (secondary N) is 1. The molecule has 0 atom stereocenters. The van der Waals surface area contributed by atoms with Gasteiger partial charge in [-0.2, -0.15) is 8.42 Å². The molecular formula is C19H22N2O4S. The number of benzene rings is 1. The highest BCUT2D eigenvalue weighted by Crippen LogP contribution is 2.54. The number of ether oxygens (including phenoxy) is 1. The number of hydrogen-bond acceptors (Lipinski definition) is 6. The molecule has 1 heterocycles. The predicted molar refractivity (Wildman–Crippen MR) is 99.9 cm³/mol. The van der Waals surface area contributed by atoms with Crippen LogP contribution in [0.25, 0.3) is 0 Å². The van der Waals surface area contributed by atoms with E-state index in [-0.39, 0.29) is 5.88 Å². The molecule has 1 aromatic heterocycles. The summed E-state index contributed by atoms with van der Waals surface area (Å²) in [6.07, 6.45) is 7.09. The second-order valence-corrected chi connectivity index (χ2v) is 8.57. The molecule has 138 valence electrons. The molecule has 26 heavy (non-hydrogen) atoms. The standard InChI is InChI=1S/C19H22N2O4S/c1-24-15-5-3-4-14(10-15)21-16-11-20-19(25-26(2,22)23)18-13-8-6-12(7-9-13)17(16)18/h3-5,10-13,21H,6-9H2,1-2H3. The van der Waals surface area contributed by atoms with Crippen LogP contribution in [0.4, 0.5) is 11.4 Å². The summed E-state index contributed by atoms with van der Waals surface area (Å²) in [6.45, 7) is 0. The molecule has 7 heteroatoms. The minimum absolute atomic E-state index is 0.244. The third-order valence-corrected chi connectivity index (χ3v) is 5.71. The van der Waals surface area contributed by atoms with E-state index in [2.05, 4.69) is 10.3 Å². The zero-order valence-corrected chi connectivity index (χ0v) is 15.7. The van der Waals surface area contributed by atoms with E-state index in [0.717, 1.165) is 60.2 Å². The van der Waals surface area contributed by atoms with Crippen LogP contribution in [-0.4, -0.2) is 26.8 Å². The Bertz CT molecular complexity index is 935. The molecule has 3 aliphatic rings. The van der Waals surface area contributed by atoms with Crippen molar-refractivity contribution in [2.45, 2.75) is 37.5 Å². The van der Waals surface area contributed by atoms with Crippen molar-refractivity contribution in [3.05, 3.63) is 41.6 Å². The molecule has 1 saturated carbocycles. The predicted octanol–water partition coefficient (Wildman–Crippen LogP) is 3.93. The highest BCUT2D eigenvalue weighted by Gasteiger charge is 2.38. The zero-order chi connectivity index (χ0) is 18.3. The van der Waals surface area contributed by atoms with Crippen LogP contribution in [0.3, 0.4) is 0 Å². The monoisotopic (exact) mass is 374 g/mol. The third-order valence-electron chi connectivity index (χ3n) is 5.24. The Morgan fingerprint density at radius 1 is 1.12 bits per heavy atom. The molecular weight excluding hydrogens is 352 g/mol. The van der Waals surface area contributed by atoms with Crippen molar-refractivity contribution in [1.29, 1.82) is 0 Å². The maximum atomic E-state index is 11.6. The van der Waals surface area contributed by atoms with Gasteiger partial charge in [-0.15, -0.1) is 0 Å². The van der Waals surface area contributed by atoms with Crippen molar-refractivity contribution in [3.63, 3.8) is 0 Å². The van der Waals surface area contributed by atoms with Crippen LogP contribution in [-0.2, 0) is 10.1 Å². The fraction of sp³-hybridized carbons (Fsp3) is 0.421. The first-order valence-corrected chi connectivity index (χ1v) is 10.6. The van der Waals surface area contributed by atoms with Crippen molar-refractivity contribution in [2.24, 2.45) is 0 Å². The maximum absolute atomic E-state index is 11.6. The highest BCUT2D eigenvalue weighted by atomic mass is 32.2. The Morgan fingerprint density at radius 2 is 1.81 bits per heavy atom. The lowest BCUT2D eigenvalue weighted by Crippen LogP contribution is -2.25. The van der Waals surface area contributed by atoms with E-state index in [0.29, 0.717) is 11.8 Å². The van der Waals surface area contributed by atoms with Gasteiger partial charge in [0.05, 0.1) is 25.2 Å². The number of rotatable bonds is 5. The lowest BCUT2D eigenvalue weighted by atomic mass is 9.67. The number of methoxy groups -OCH3 is 1. The van der Waals surface area contributed by atoms with Crippen LogP contribution in [0.1, 0.15) is 48.6 Å². The molecule has 2 aromatic rings. The van der Waals surface area contributed by atoms with E-state index >= 15 is 0 Å². The number of fused-ring (bicyclic) bond motifs is 2. The second kappa shape index (κ2) is 6.46. The van der Waals surface area contributed by atoms with Crippen molar-refractivity contribution in [3.8, 4) is 11.6 Å². The molecule has 1 fully saturated rings. The summed E-state index contributed by atoms with van der Waals surface area (Å²) in [5.41, 5.74) is 3.95. The molecule has 0 spiro atoms. The van der Waals surface area contributed by atoms with Crippen molar-refractivity contribution in [2.75, 3.05) is 18.7 Å². The van der Waals surface area contributed by atoms with Gasteiger partial charge in [0.1, 0.15) is 5.75 Å². The largest absolute Gasteiger partial charge is 0.497 e. The van der Waals surface area contributed by atoms with E-state index in [9.17, 15) is 8.42 Å². The lowest BCUT2D eigenvalue weighted by Gasteiger charge is -2.39. The number of aromatic nitrogens is 1. The first-order chi connectivity index (χ1) is 12.4. The van der Waals surface area contributed by atoms with Gasteiger partial charge in [-0.25, -0.2) is 4.98 Å². The molecule has 1 N–H and O–H groups in total. The molecule has 0 saturated heterocycles. The van der Waals surface area contributed by atoms with Crippen molar-refractivity contribution in [1.82, 2.24) is 4.98 Å². The molecule has 0 unspecified atom stereocenters. The zero-order valence-electron chi connectivity index (χ0n) is 14.9. The van der Waals surface area contributed by atoms with E-state index in [1.807, 2.05) is 24.3 Å². The summed E-state index contributed by atoms with van der Waals surface area (Å²) < 4.78 is 33.8. The Hall–Kier alpha value is -2.28. The molecule has 0 aliphatic heterocycles. The number of nitrogens with zero attached hydrogens (tertiary/aromatic N) is 1. The fourth-order valence-electron chi connectivity index (χ4n) is 4.19. The fourth-order valence-corrected chi connectivity index (χ4v) is 4.61. The quantitative estimate of drug-likeness (QED) is 0.799. The smallest absolute Gasteiger partial charge is 0.307 e. The molecule has 3 aliphatic carbocycles. The molecule has 0 amide bonds. The minimum atomic E-state index is -3.61. The summed E-state index contributed by atoms with van der Waals surface area (Å²) in [5, 5.41) is 3.43. The maximum Gasteiger partial charge on any atom is 0.307 e. The van der Waals surface area contributed by atoms with E-state index in [1.165, 1.54) is 0 Å². The van der Waals surface area contributed by atoms with Crippen LogP contribution >= 0.6 is 0 Å². The highest BCUT2D eigenvalue weighted by molar-refractivity contribution is 7.86. The van der Waals surface area contributed by atoms with E-state index < -0.39 is 10.1 Å². The van der Waals surface area contributed by atoms with Gasteiger partial charge < -0.3 is 14.2 Å². The number of hydrogen-bond donors (Lipinski definition) is 1. The summed E-state index contributed by atoms with van der Waals surface area (Å²) in [6, 6.07) is 7.71. The van der Waals surface area contributed by atoms with E-state index in [1.54, 1.807) is 13.3 Å². The summed E-state index contributed by atoms with van der Waals surface area (Å²) >= 11 is 0. The van der Waals surface area contributed by atoms with Crippen LogP contribution in [0.2, 0.25) is 0 Å². The Balaban J connectivity index is 1.78. The van der Waals surface area contributed by atoms with Gasteiger partial charge in [0.2, 0.25) is 5.88 Å². The Labute approximate surface area is 153 Å². The SMILES string of the molecule is COc1cccc(Nc2cnc(OS(C)(=O)=O)c3c2C2CCC3CC2)c1. The first kappa shape index (κ1) is 17.1. The number of anilines is 2. The molecule has 0 radical (unpaired) electrons. The summed E-state index contributed by atoms with van der Waals surface area (Å²) in [7, 11) is -1.97. The summed E-state index contributed by atoms with van der Waals surface area (Å²) in [5.74, 6) is 1.74. The Morgan fingerprint density at radius 3 is 2.46 bits per heavy atom. The summed E-state index contributed by atoms with van der Waals surface area (Å²) in [4.78, 5) is 4.34. The topological polar surface area (TPSA) is 77.5 Å².